The molecule has 0 amide bonds. The quantitative estimate of drug-likeness (QED) is 0.110. The van der Waals surface area contributed by atoms with Crippen molar-refractivity contribution in [2.75, 3.05) is 25.1 Å². The first kappa shape index (κ1) is 43.7. The number of methoxy groups -OCH3 is 1. The predicted octanol–water partition coefficient (Wildman–Crippen LogP) is 9.69. The Balaban J connectivity index is 1.30. The van der Waals surface area contributed by atoms with Crippen molar-refractivity contribution >= 4 is 34.0 Å². The first-order valence-electron chi connectivity index (χ1n) is 22.7. The number of fused-ring (bicyclic) bond motifs is 4. The fourth-order valence-corrected chi connectivity index (χ4v) is 10.8. The third kappa shape index (κ3) is 9.24. The molecule has 63 heavy (non-hydrogen) atoms. The van der Waals surface area contributed by atoms with Gasteiger partial charge in [-0.3, -0.25) is 14.4 Å². The van der Waals surface area contributed by atoms with Crippen molar-refractivity contribution in [3.8, 4) is 17.2 Å². The van der Waals surface area contributed by atoms with Gasteiger partial charge in [0.05, 0.1) is 18.8 Å². The Morgan fingerprint density at radius 1 is 0.968 bits per heavy atom. The smallest absolute Gasteiger partial charge is 0.302 e. The average Bonchev–Trinajstić information content (AvgIpc) is 3.90. The highest BCUT2D eigenvalue weighted by atomic mass is 16.5. The third-order valence-electron chi connectivity index (χ3n) is 14.3. The lowest BCUT2D eigenvalue weighted by atomic mass is 9.63. The lowest BCUT2D eigenvalue weighted by molar-refractivity contribution is -0.148. The Labute approximate surface area is 370 Å². The van der Waals surface area contributed by atoms with E-state index in [0.717, 1.165) is 60.8 Å². The van der Waals surface area contributed by atoms with Gasteiger partial charge in [-0.2, -0.15) is 0 Å². The minimum atomic E-state index is -0.649. The summed E-state index contributed by atoms with van der Waals surface area (Å²) >= 11 is 0. The zero-order chi connectivity index (χ0) is 44.3. The molecule has 4 heterocycles. The van der Waals surface area contributed by atoms with Gasteiger partial charge in [0.1, 0.15) is 23.5 Å². The molecule has 1 saturated carbocycles. The Morgan fingerprint density at radius 2 is 1.76 bits per heavy atom. The van der Waals surface area contributed by atoms with E-state index in [4.69, 9.17) is 9.47 Å². The molecule has 0 radical (unpaired) electrons. The summed E-state index contributed by atoms with van der Waals surface area (Å²) in [5.41, 5.74) is 5.06. The summed E-state index contributed by atoms with van der Waals surface area (Å²) in [6.45, 7) is 6.40. The summed E-state index contributed by atoms with van der Waals surface area (Å²) < 4.78 is 13.4. The molecule has 332 valence electrons. The number of ether oxygens (including phenoxy) is 2. The summed E-state index contributed by atoms with van der Waals surface area (Å²) in [4.78, 5) is 45.6. The van der Waals surface area contributed by atoms with Crippen LogP contribution in [0.25, 0.3) is 10.8 Å². The maximum atomic E-state index is 14.5. The molecule has 4 bridgehead atoms. The lowest BCUT2D eigenvalue weighted by Crippen LogP contribution is -2.38. The van der Waals surface area contributed by atoms with Crippen LogP contribution >= 0.6 is 0 Å². The highest BCUT2D eigenvalue weighted by molar-refractivity contribution is 5.95. The Hall–Kier alpha value is -5.97. The van der Waals surface area contributed by atoms with E-state index in [1.54, 1.807) is 13.0 Å². The largest absolute Gasteiger partial charge is 0.504 e. The zero-order valence-corrected chi connectivity index (χ0v) is 37.1. The monoisotopic (exact) mass is 854 g/mol. The summed E-state index contributed by atoms with van der Waals surface area (Å²) in [7, 11) is 1.42. The van der Waals surface area contributed by atoms with Gasteiger partial charge in [0.2, 0.25) is 5.75 Å². The van der Waals surface area contributed by atoms with Crippen LogP contribution in [0.2, 0.25) is 0 Å². The number of hydrogen-bond donors (Lipinski definition) is 4. The normalized spacial score (nSPS) is 24.0. The van der Waals surface area contributed by atoms with Crippen LogP contribution in [0.5, 0.6) is 17.2 Å². The number of dihydropyridines is 1. The molecule has 4 N–H and O–H groups in total. The number of esters is 1. The van der Waals surface area contributed by atoms with Crippen LogP contribution in [-0.2, 0) is 32.0 Å². The van der Waals surface area contributed by atoms with E-state index in [-0.39, 0.29) is 58.4 Å². The summed E-state index contributed by atoms with van der Waals surface area (Å²) in [6, 6.07) is 8.62. The molecule has 1 fully saturated rings. The lowest BCUT2D eigenvalue weighted by Gasteiger charge is -2.42. The number of aromatic nitrogens is 2. The summed E-state index contributed by atoms with van der Waals surface area (Å²) in [6.07, 6.45) is 30.2. The first-order chi connectivity index (χ1) is 30.4. The number of ketones is 2. The van der Waals surface area contributed by atoms with Gasteiger partial charge in [-0.05, 0) is 109 Å². The Kier molecular flexibility index (Phi) is 12.8. The van der Waals surface area contributed by atoms with Crippen LogP contribution in [0.3, 0.4) is 0 Å². The van der Waals surface area contributed by atoms with Crippen molar-refractivity contribution in [1.82, 2.24) is 14.9 Å². The van der Waals surface area contributed by atoms with Gasteiger partial charge in [-0.1, -0.05) is 68.7 Å². The highest BCUT2D eigenvalue weighted by Gasteiger charge is 2.40. The molecule has 2 spiro atoms. The number of carbonyl (C=O) groups excluding carboxylic acids is 3. The van der Waals surface area contributed by atoms with Gasteiger partial charge >= 0.3 is 5.97 Å². The second-order valence-electron chi connectivity index (χ2n) is 18.4. The number of benzene rings is 2. The summed E-state index contributed by atoms with van der Waals surface area (Å²) in [5.74, 6) is 0.0205. The highest BCUT2D eigenvalue weighted by Crippen LogP contribution is 2.49. The molecule has 2 aromatic carbocycles. The second-order valence-corrected chi connectivity index (χ2v) is 18.4. The molecule has 2 aliphatic carbocycles. The van der Waals surface area contributed by atoms with Crippen molar-refractivity contribution in [3.05, 3.63) is 120 Å². The number of aromatic hydroxyl groups is 2. The van der Waals surface area contributed by atoms with E-state index >= 15 is 0 Å². The van der Waals surface area contributed by atoms with Crippen molar-refractivity contribution in [2.45, 2.75) is 110 Å². The first-order valence-corrected chi connectivity index (χ1v) is 22.7. The average molecular weight is 855 g/mol. The molecule has 4 aromatic rings. The predicted molar refractivity (Wildman–Crippen MR) is 246 cm³/mol. The maximum Gasteiger partial charge on any atom is 0.302 e. The van der Waals surface area contributed by atoms with Crippen LogP contribution in [0.15, 0.2) is 103 Å². The minimum absolute atomic E-state index is 0.00927. The van der Waals surface area contributed by atoms with E-state index in [1.807, 2.05) is 29.1 Å². The fourth-order valence-electron chi connectivity index (χ4n) is 10.8. The number of rotatable bonds is 6. The number of carbonyl (C=O) groups is 3. The number of aromatic amines is 1. The van der Waals surface area contributed by atoms with Gasteiger partial charge in [0.15, 0.2) is 11.5 Å². The number of anilines is 1. The van der Waals surface area contributed by atoms with Crippen LogP contribution in [0.1, 0.15) is 108 Å². The van der Waals surface area contributed by atoms with Crippen LogP contribution in [-0.4, -0.2) is 63.6 Å². The molecule has 11 heteroatoms. The fraction of sp³-hybridized carbons (Fsp3) is 0.442. The van der Waals surface area contributed by atoms with E-state index in [9.17, 15) is 24.6 Å². The van der Waals surface area contributed by atoms with Gasteiger partial charge in [0.25, 0.3) is 0 Å². The number of Topliss-reactive ketones (excluding diaryl/α,β-unsaturated/α-hetero) is 2. The van der Waals surface area contributed by atoms with Crippen molar-refractivity contribution in [1.29, 1.82) is 0 Å². The Bertz CT molecular complexity index is 2480. The van der Waals surface area contributed by atoms with E-state index in [1.165, 1.54) is 43.2 Å². The molecule has 0 unspecified atom stereocenters. The van der Waals surface area contributed by atoms with Gasteiger partial charge in [0, 0.05) is 74.8 Å². The molecule has 8 rings (SSSR count). The number of nitrogens with one attached hydrogen (secondary N) is 2. The molecular formula is C52H62N4O7. The van der Waals surface area contributed by atoms with Crippen LogP contribution < -0.4 is 15.0 Å². The van der Waals surface area contributed by atoms with Gasteiger partial charge < -0.3 is 39.5 Å². The third-order valence-corrected chi connectivity index (χ3v) is 14.3. The topological polar surface area (TPSA) is 146 Å². The molecule has 0 saturated heterocycles. The number of phenolic OH excluding ortho intramolecular Hbond substituents is 2. The van der Waals surface area contributed by atoms with E-state index in [2.05, 4.69) is 77.0 Å². The van der Waals surface area contributed by atoms with E-state index in [0.29, 0.717) is 37.9 Å². The zero-order valence-electron chi connectivity index (χ0n) is 37.1. The number of nitrogens with zero attached hydrogens (tertiary/aromatic N) is 2. The Morgan fingerprint density at radius 3 is 2.51 bits per heavy atom. The molecule has 4 aliphatic rings. The molecule has 2 aromatic heterocycles. The van der Waals surface area contributed by atoms with Crippen LogP contribution in [0, 0.1) is 16.7 Å². The van der Waals surface area contributed by atoms with Crippen molar-refractivity contribution in [3.63, 3.8) is 0 Å². The van der Waals surface area contributed by atoms with Crippen molar-refractivity contribution in [2.24, 2.45) is 16.7 Å². The molecular weight excluding hydrogens is 793 g/mol. The number of H-pyrrole nitrogens is 1. The summed E-state index contributed by atoms with van der Waals surface area (Å²) in [5, 5.41) is 27.1. The number of hydrogen-bond acceptors (Lipinski definition) is 9. The van der Waals surface area contributed by atoms with Gasteiger partial charge in [-0.15, -0.1) is 0 Å². The maximum absolute atomic E-state index is 14.5. The molecule has 4 atom stereocenters. The standard InChI is InChI=1S/C52H62N4O7/c1-34-11-6-9-17-51(34)20-14-43(63-36(3)58)26-42(59)27-46(38-23-47(60)50(61)48(24-38)62-4)55-32-37-12-10-13-45(44(37)33-55)56(22-16-35(2)57)49-25-41(15-21-54-49)52(18-7-5-8-19-52)29-40-31-53-30-39(40)28-51/h6,9-13,15,17,23-25,30-34,43,46,53-54,60-61H,5,7-8,14,16,18-22,26-29H2,1-4H3/t34-,43+,46-,51-/m0/s1. The van der Waals surface area contributed by atoms with Crippen molar-refractivity contribution < 1.29 is 34.1 Å². The minimum Gasteiger partial charge on any atom is -0.504 e. The van der Waals surface area contributed by atoms with Crippen LogP contribution in [0.4, 0.5) is 5.69 Å². The van der Waals surface area contributed by atoms with Gasteiger partial charge in [-0.25, -0.2) is 0 Å². The SMILES string of the molecule is COc1cc([C@@H]2CC(=O)C[C@H](OC(C)=O)CC[C@@]3(C=CC=C[C@@H]3C)Cc3c[nH]cc3CC3(CCCCC3)C3=CCNC(=C3)N(CCC(C)=O)c3cccc4cn2cc34)cc(O)c1O. The second kappa shape index (κ2) is 18.4. The number of phenols is 2. The molecule has 2 aliphatic heterocycles. The molecule has 11 nitrogen and oxygen atoms in total. The number of allylic oxidation sites excluding steroid dienone is 6. The van der Waals surface area contributed by atoms with E-state index < -0.39 is 18.1 Å².